The number of hydrogen-bond acceptors (Lipinski definition) is 1. The highest BCUT2D eigenvalue weighted by atomic mass is 127. The molecule has 1 aliphatic carbocycles. The van der Waals surface area contributed by atoms with Gasteiger partial charge in [0.15, 0.2) is 0 Å². The summed E-state index contributed by atoms with van der Waals surface area (Å²) in [5.41, 5.74) is 0.854. The van der Waals surface area contributed by atoms with Crippen molar-refractivity contribution in [1.29, 1.82) is 0 Å². The lowest BCUT2D eigenvalue weighted by atomic mass is 9.67. The topological polar surface area (TPSA) is 9.23 Å². The van der Waals surface area contributed by atoms with Crippen molar-refractivity contribution in [2.75, 3.05) is 0 Å². The Morgan fingerprint density at radius 3 is 2.11 bits per heavy atom. The third kappa shape index (κ3) is 5.36. The minimum Gasteiger partial charge on any atom is -0.312 e. The van der Waals surface area contributed by atoms with E-state index in [1.54, 1.807) is 0 Å². The fourth-order valence-corrected chi connectivity index (χ4v) is 3.76. The highest BCUT2D eigenvalue weighted by molar-refractivity contribution is 14.1. The molecule has 0 aliphatic heterocycles. The van der Waals surface area contributed by atoms with Crippen LogP contribution in [-0.4, -0.2) is 6.10 Å². The highest BCUT2D eigenvalue weighted by Gasteiger charge is 2.38. The second-order valence-electron chi connectivity index (χ2n) is 8.38. The number of hydrogen-bond donors (Lipinski definition) is 0. The smallest absolute Gasteiger partial charge is 0.110 e. The van der Waals surface area contributed by atoms with E-state index in [1.807, 2.05) is 0 Å². The van der Waals surface area contributed by atoms with Gasteiger partial charge in [-0.05, 0) is 54.8 Å². The van der Waals surface area contributed by atoms with Gasteiger partial charge in [0.05, 0.1) is 6.10 Å². The van der Waals surface area contributed by atoms with E-state index in [1.165, 1.54) is 32.1 Å². The lowest BCUT2D eigenvalue weighted by molar-refractivity contribution is 0.0297. The molecule has 0 bridgehead atoms. The van der Waals surface area contributed by atoms with E-state index in [-0.39, 0.29) is 0 Å². The van der Waals surface area contributed by atoms with Crippen molar-refractivity contribution >= 4 is 23.0 Å². The summed E-state index contributed by atoms with van der Waals surface area (Å²) in [6, 6.07) is 0. The highest BCUT2D eigenvalue weighted by Crippen LogP contribution is 2.44. The molecule has 3 atom stereocenters. The Bertz CT molecular complexity index is 249. The molecule has 0 N–H and O–H groups in total. The van der Waals surface area contributed by atoms with Gasteiger partial charge in [0.1, 0.15) is 23.0 Å². The van der Waals surface area contributed by atoms with Crippen molar-refractivity contribution in [2.24, 2.45) is 22.7 Å². The zero-order valence-electron chi connectivity index (χ0n) is 13.1. The third-order valence-electron chi connectivity index (χ3n) is 4.43. The van der Waals surface area contributed by atoms with Gasteiger partial charge in [-0.1, -0.05) is 41.5 Å². The number of halogens is 1. The van der Waals surface area contributed by atoms with Gasteiger partial charge in [0, 0.05) is 0 Å². The summed E-state index contributed by atoms with van der Waals surface area (Å²) in [6.45, 7) is 14.1. The second kappa shape index (κ2) is 6.43. The maximum Gasteiger partial charge on any atom is 0.110 e. The lowest BCUT2D eigenvalue weighted by Crippen LogP contribution is -2.38. The SMILES string of the molecule is CC(C)(C)CCC1CCC(C(C)(C)C)C(OI)C1. The summed E-state index contributed by atoms with van der Waals surface area (Å²) in [6.07, 6.45) is 7.17. The van der Waals surface area contributed by atoms with E-state index in [9.17, 15) is 0 Å². The molecule has 1 saturated carbocycles. The van der Waals surface area contributed by atoms with E-state index < -0.39 is 0 Å². The van der Waals surface area contributed by atoms with Crippen molar-refractivity contribution in [1.82, 2.24) is 0 Å². The van der Waals surface area contributed by atoms with Gasteiger partial charge in [-0.15, -0.1) is 0 Å². The average Bonchev–Trinajstić information content (AvgIpc) is 2.23. The third-order valence-corrected chi connectivity index (χ3v) is 5.08. The van der Waals surface area contributed by atoms with Crippen molar-refractivity contribution in [2.45, 2.75) is 79.8 Å². The van der Waals surface area contributed by atoms with Gasteiger partial charge in [-0.25, -0.2) is 0 Å². The largest absolute Gasteiger partial charge is 0.312 e. The molecule has 18 heavy (non-hydrogen) atoms. The van der Waals surface area contributed by atoms with Crippen LogP contribution in [0.25, 0.3) is 0 Å². The van der Waals surface area contributed by atoms with Crippen molar-refractivity contribution < 1.29 is 3.07 Å². The standard InChI is InChI=1S/C16H31IO/c1-15(2,3)10-9-12-7-8-13(16(4,5)6)14(11-12)18-17/h12-14H,7-11H2,1-6H3. The van der Waals surface area contributed by atoms with Crippen LogP contribution in [0.15, 0.2) is 0 Å². The zero-order chi connectivity index (χ0) is 14.0. The molecule has 1 nitrogen and oxygen atoms in total. The predicted molar refractivity (Wildman–Crippen MR) is 87.9 cm³/mol. The molecule has 1 rings (SSSR count). The molecule has 0 radical (unpaired) electrons. The molecular formula is C16H31IO. The summed E-state index contributed by atoms with van der Waals surface area (Å²) in [7, 11) is 0. The van der Waals surface area contributed by atoms with Gasteiger partial charge in [0.2, 0.25) is 0 Å². The van der Waals surface area contributed by atoms with E-state index in [4.69, 9.17) is 3.07 Å². The molecule has 1 aliphatic rings. The van der Waals surface area contributed by atoms with Crippen molar-refractivity contribution in [3.05, 3.63) is 0 Å². The van der Waals surface area contributed by atoms with Gasteiger partial charge >= 0.3 is 0 Å². The first kappa shape index (κ1) is 16.7. The minimum atomic E-state index is 0.380. The lowest BCUT2D eigenvalue weighted by Gasteiger charge is -2.42. The Balaban J connectivity index is 2.51. The van der Waals surface area contributed by atoms with Crippen LogP contribution in [0.3, 0.4) is 0 Å². The first-order valence-corrected chi connectivity index (χ1v) is 8.29. The quantitative estimate of drug-likeness (QED) is 0.556. The predicted octanol–water partition coefficient (Wildman–Crippen LogP) is 6.01. The van der Waals surface area contributed by atoms with Gasteiger partial charge in [-0.2, -0.15) is 0 Å². The Morgan fingerprint density at radius 1 is 1.06 bits per heavy atom. The van der Waals surface area contributed by atoms with Crippen LogP contribution in [0.2, 0.25) is 0 Å². The van der Waals surface area contributed by atoms with E-state index >= 15 is 0 Å². The van der Waals surface area contributed by atoms with Gasteiger partial charge in [0.25, 0.3) is 0 Å². The Hall–Kier alpha value is 0.690. The minimum absolute atomic E-state index is 0.380. The normalized spacial score (nSPS) is 30.5. The van der Waals surface area contributed by atoms with Crippen LogP contribution in [0.4, 0.5) is 0 Å². The molecule has 0 spiro atoms. The molecule has 3 unspecified atom stereocenters. The Labute approximate surface area is 128 Å². The summed E-state index contributed by atoms with van der Waals surface area (Å²) >= 11 is 2.12. The second-order valence-corrected chi connectivity index (χ2v) is 8.89. The first-order chi connectivity index (χ1) is 8.13. The van der Waals surface area contributed by atoms with Crippen LogP contribution >= 0.6 is 23.0 Å². The first-order valence-electron chi connectivity index (χ1n) is 7.41. The van der Waals surface area contributed by atoms with Crippen molar-refractivity contribution in [3.63, 3.8) is 0 Å². The summed E-state index contributed by atoms with van der Waals surface area (Å²) < 4.78 is 5.76. The van der Waals surface area contributed by atoms with Crippen molar-refractivity contribution in [3.8, 4) is 0 Å². The fraction of sp³-hybridized carbons (Fsp3) is 1.00. The molecule has 0 aromatic heterocycles. The monoisotopic (exact) mass is 366 g/mol. The molecule has 0 heterocycles. The fourth-order valence-electron chi connectivity index (χ4n) is 3.20. The molecular weight excluding hydrogens is 335 g/mol. The Kier molecular flexibility index (Phi) is 5.98. The van der Waals surface area contributed by atoms with E-state index in [0.717, 1.165) is 11.8 Å². The van der Waals surface area contributed by atoms with E-state index in [2.05, 4.69) is 64.5 Å². The van der Waals surface area contributed by atoms with Crippen LogP contribution < -0.4 is 0 Å². The number of rotatable bonds is 3. The zero-order valence-corrected chi connectivity index (χ0v) is 15.2. The molecule has 0 aromatic rings. The maximum absolute atomic E-state index is 5.76. The summed E-state index contributed by atoms with van der Waals surface area (Å²) in [4.78, 5) is 0. The molecule has 108 valence electrons. The summed E-state index contributed by atoms with van der Waals surface area (Å²) in [5.74, 6) is 1.60. The van der Waals surface area contributed by atoms with Gasteiger partial charge < -0.3 is 3.07 Å². The van der Waals surface area contributed by atoms with Crippen LogP contribution in [0.1, 0.15) is 73.6 Å². The Morgan fingerprint density at radius 2 is 1.67 bits per heavy atom. The van der Waals surface area contributed by atoms with E-state index in [0.29, 0.717) is 16.9 Å². The molecule has 0 aromatic carbocycles. The maximum atomic E-state index is 5.76. The van der Waals surface area contributed by atoms with Crippen LogP contribution in [0, 0.1) is 22.7 Å². The molecule has 0 amide bonds. The van der Waals surface area contributed by atoms with Crippen LogP contribution in [0.5, 0.6) is 0 Å². The molecule has 2 heteroatoms. The average molecular weight is 366 g/mol. The van der Waals surface area contributed by atoms with Crippen LogP contribution in [-0.2, 0) is 3.07 Å². The van der Waals surface area contributed by atoms with Gasteiger partial charge in [-0.3, -0.25) is 0 Å². The summed E-state index contributed by atoms with van der Waals surface area (Å²) in [5, 5.41) is 0. The molecule has 1 fully saturated rings. The molecule has 0 saturated heterocycles.